The number of nitrogens with zero attached hydrogens (tertiary/aromatic N) is 2. The van der Waals surface area contributed by atoms with Gasteiger partial charge >= 0.3 is 11.9 Å². The lowest BCUT2D eigenvalue weighted by Crippen LogP contribution is -2.68. The molecular weight excluding hydrogens is 817 g/mol. The molecule has 358 valence electrons. The molecule has 1 heterocycles. The molecule has 11 heteroatoms. The van der Waals surface area contributed by atoms with E-state index in [2.05, 4.69) is 75.9 Å². The highest BCUT2D eigenvalue weighted by Crippen LogP contribution is 2.76. The number of carboxylic acids is 1. The summed E-state index contributed by atoms with van der Waals surface area (Å²) in [5, 5.41) is 16.3. The van der Waals surface area contributed by atoms with Crippen LogP contribution in [0.3, 0.4) is 0 Å². The molecule has 0 spiro atoms. The van der Waals surface area contributed by atoms with E-state index in [-0.39, 0.29) is 69.6 Å². The number of esters is 1. The summed E-state index contributed by atoms with van der Waals surface area (Å²) >= 11 is 0. The van der Waals surface area contributed by atoms with Crippen molar-refractivity contribution >= 4 is 29.5 Å². The quantitative estimate of drug-likeness (QED) is 0.197. The number of amides is 2. The fourth-order valence-corrected chi connectivity index (χ4v) is 15.7. The van der Waals surface area contributed by atoms with Crippen LogP contribution < -0.4 is 10.6 Å². The van der Waals surface area contributed by atoms with Gasteiger partial charge in [-0.15, -0.1) is 0 Å². The SMILES string of the molecule is CC(C)C1=C2[C@H]3CC[C@@H]4[C@@]5(C)CC[C@H](OC(=O)[C@H]6C[C@@H](C(=O)O)C6(C)C)C(C)(C)[C@@H]5CC[C@@]4(C)[C@]3(C)CC[C@@]2(NC(=O)C(C)(C)NC(=O)c2ccc(CN3CCN(C)CC3)cc2)CC1=O. The molecule has 0 unspecified atom stereocenters. The largest absolute Gasteiger partial charge is 0.481 e. The van der Waals surface area contributed by atoms with Crippen molar-refractivity contribution in [3.63, 3.8) is 0 Å². The number of carbonyl (C=O) groups is 5. The number of rotatable bonds is 10. The standard InChI is InChI=1S/C54H80N4O7/c1-32(2)42-38(59)30-54(56-47(64)50(7,8)55-44(60)34-15-13-33(14-16-34)31-58-27-25-57(12)26-28-58)24-23-52(10)35(43(42)54)17-18-40-51(9)21-20-41(49(5,6)39(51)19-22-53(40,52)11)65-46(63)37-29-36(45(61)62)48(37,3)4/h13-16,32,35-37,39-41H,17-31H2,1-12H3,(H,55,60)(H,56,64)(H,61,62)/t35-,36+,37-,39+,40-,41+,51+,52-,53-,54-/m1/s1. The highest BCUT2D eigenvalue weighted by atomic mass is 16.5. The Kier molecular flexibility index (Phi) is 12.0. The summed E-state index contributed by atoms with van der Waals surface area (Å²) in [5.74, 6) is -1.52. The normalized spacial score (nSPS) is 37.8. The van der Waals surface area contributed by atoms with Crippen LogP contribution in [0.15, 0.2) is 35.4 Å². The molecule has 8 rings (SSSR count). The first kappa shape index (κ1) is 47.9. The van der Waals surface area contributed by atoms with E-state index in [0.717, 1.165) is 94.4 Å². The number of aliphatic carboxylic acids is 1. The average Bonchev–Trinajstić information content (AvgIpc) is 3.51. The fourth-order valence-electron chi connectivity index (χ4n) is 15.7. The van der Waals surface area contributed by atoms with E-state index in [0.29, 0.717) is 30.2 Å². The van der Waals surface area contributed by atoms with Crippen LogP contribution in [-0.2, 0) is 30.5 Å². The number of allylic oxidation sites excluding steroid dienone is 1. The van der Waals surface area contributed by atoms with Crippen molar-refractivity contribution in [2.75, 3.05) is 33.2 Å². The number of ketones is 1. The Labute approximate surface area is 389 Å². The van der Waals surface area contributed by atoms with Gasteiger partial charge in [-0.25, -0.2) is 0 Å². The summed E-state index contributed by atoms with van der Waals surface area (Å²) in [6, 6.07) is 7.72. The van der Waals surface area contributed by atoms with Gasteiger partial charge in [0, 0.05) is 50.1 Å². The lowest BCUT2D eigenvalue weighted by Gasteiger charge is -2.72. The minimum Gasteiger partial charge on any atom is -0.481 e. The molecule has 1 aromatic rings. The van der Waals surface area contributed by atoms with E-state index >= 15 is 0 Å². The van der Waals surface area contributed by atoms with Crippen LogP contribution in [0, 0.1) is 62.6 Å². The van der Waals surface area contributed by atoms with Crippen LogP contribution in [-0.4, -0.2) is 94.9 Å². The molecule has 1 aromatic carbocycles. The fraction of sp³-hybridized carbons (Fsp3) is 0.759. The van der Waals surface area contributed by atoms with Crippen molar-refractivity contribution in [2.45, 2.75) is 164 Å². The molecule has 0 aromatic heterocycles. The van der Waals surface area contributed by atoms with Crippen LogP contribution >= 0.6 is 0 Å². The zero-order chi connectivity index (χ0) is 47.4. The average molecular weight is 897 g/mol. The summed E-state index contributed by atoms with van der Waals surface area (Å²) in [5.41, 5.74) is 0.709. The van der Waals surface area contributed by atoms with Gasteiger partial charge in [-0.05, 0) is 153 Å². The van der Waals surface area contributed by atoms with E-state index in [9.17, 15) is 29.1 Å². The van der Waals surface area contributed by atoms with E-state index in [1.165, 1.54) is 0 Å². The topological polar surface area (TPSA) is 145 Å². The van der Waals surface area contributed by atoms with Gasteiger partial charge in [0.2, 0.25) is 5.91 Å². The molecule has 10 atom stereocenters. The van der Waals surface area contributed by atoms with Gasteiger partial charge in [0.05, 0.1) is 17.4 Å². The highest BCUT2D eigenvalue weighted by molar-refractivity contribution is 6.03. The van der Waals surface area contributed by atoms with Crippen LogP contribution in [0.4, 0.5) is 0 Å². The Bertz CT molecular complexity index is 2130. The number of likely N-dealkylation sites (N-methyl/N-ethyl adjacent to an activating group) is 1. The number of benzene rings is 1. The van der Waals surface area contributed by atoms with Crippen molar-refractivity contribution in [1.82, 2.24) is 20.4 Å². The second-order valence-electron chi connectivity index (χ2n) is 24.9. The molecule has 0 radical (unpaired) electrons. The number of fused-ring (bicyclic) bond motifs is 7. The molecule has 5 saturated carbocycles. The van der Waals surface area contributed by atoms with E-state index in [1.807, 2.05) is 38.1 Å². The van der Waals surface area contributed by atoms with Crippen molar-refractivity contribution in [1.29, 1.82) is 0 Å². The molecule has 65 heavy (non-hydrogen) atoms. The molecule has 1 aliphatic heterocycles. The molecule has 7 aliphatic rings. The molecular formula is C54H80N4O7. The number of hydrogen-bond acceptors (Lipinski definition) is 8. The zero-order valence-corrected chi connectivity index (χ0v) is 41.7. The Hall–Kier alpha value is -3.57. The smallest absolute Gasteiger partial charge is 0.309 e. The molecule has 3 N–H and O–H groups in total. The highest BCUT2D eigenvalue weighted by Gasteiger charge is 2.71. The second-order valence-corrected chi connectivity index (χ2v) is 24.9. The number of carbonyl (C=O) groups excluding carboxylic acids is 4. The third-order valence-electron chi connectivity index (χ3n) is 20.0. The lowest BCUT2D eigenvalue weighted by atomic mass is 9.33. The summed E-state index contributed by atoms with van der Waals surface area (Å²) < 4.78 is 6.44. The molecule has 6 fully saturated rings. The van der Waals surface area contributed by atoms with Crippen LogP contribution in [0.1, 0.15) is 156 Å². The Morgan fingerprint density at radius 3 is 2.09 bits per heavy atom. The van der Waals surface area contributed by atoms with Crippen molar-refractivity contribution in [2.24, 2.45) is 62.6 Å². The van der Waals surface area contributed by atoms with Gasteiger partial charge in [-0.3, -0.25) is 28.9 Å². The van der Waals surface area contributed by atoms with Gasteiger partial charge in [0.1, 0.15) is 11.6 Å². The number of nitrogens with one attached hydrogen (secondary N) is 2. The van der Waals surface area contributed by atoms with Crippen LogP contribution in [0.2, 0.25) is 0 Å². The lowest BCUT2D eigenvalue weighted by molar-refractivity contribution is -0.235. The van der Waals surface area contributed by atoms with E-state index in [4.69, 9.17) is 4.74 Å². The maximum Gasteiger partial charge on any atom is 0.309 e. The molecule has 0 bridgehead atoms. The predicted molar refractivity (Wildman–Crippen MR) is 252 cm³/mol. The van der Waals surface area contributed by atoms with Gasteiger partial charge in [-0.2, -0.15) is 0 Å². The Morgan fingerprint density at radius 2 is 1.48 bits per heavy atom. The van der Waals surface area contributed by atoms with Gasteiger partial charge < -0.3 is 25.4 Å². The number of carboxylic acid groups (broad SMARTS) is 1. The number of piperazine rings is 1. The Morgan fingerprint density at radius 1 is 0.815 bits per heavy atom. The molecule has 2 amide bonds. The van der Waals surface area contributed by atoms with E-state index in [1.54, 1.807) is 13.8 Å². The third-order valence-corrected chi connectivity index (χ3v) is 20.0. The minimum absolute atomic E-state index is 0.0173. The third kappa shape index (κ3) is 7.63. The zero-order valence-electron chi connectivity index (χ0n) is 41.7. The molecule has 6 aliphatic carbocycles. The summed E-state index contributed by atoms with van der Waals surface area (Å²) in [4.78, 5) is 73.0. The maximum absolute atomic E-state index is 14.6. The first-order valence-corrected chi connectivity index (χ1v) is 25.1. The van der Waals surface area contributed by atoms with Crippen molar-refractivity contribution in [3.05, 3.63) is 46.5 Å². The summed E-state index contributed by atoms with van der Waals surface area (Å²) in [6.45, 7) is 28.7. The van der Waals surface area contributed by atoms with Crippen molar-refractivity contribution < 1.29 is 33.8 Å². The number of ether oxygens (including phenoxy) is 1. The first-order valence-electron chi connectivity index (χ1n) is 25.1. The van der Waals surface area contributed by atoms with Gasteiger partial charge in [0.25, 0.3) is 5.91 Å². The summed E-state index contributed by atoms with van der Waals surface area (Å²) in [7, 11) is 2.15. The maximum atomic E-state index is 14.6. The monoisotopic (exact) mass is 897 g/mol. The number of Topliss-reactive ketones (excluding diaryl/α,β-unsaturated/α-hetero) is 1. The first-order chi connectivity index (χ1) is 30.2. The minimum atomic E-state index is -1.23. The molecule has 1 saturated heterocycles. The van der Waals surface area contributed by atoms with Crippen LogP contribution in [0.25, 0.3) is 0 Å². The van der Waals surface area contributed by atoms with E-state index < -0.39 is 34.3 Å². The molecule has 11 nitrogen and oxygen atoms in total. The van der Waals surface area contributed by atoms with Gasteiger partial charge in [-0.1, -0.05) is 74.4 Å². The van der Waals surface area contributed by atoms with Crippen LogP contribution in [0.5, 0.6) is 0 Å². The van der Waals surface area contributed by atoms with Gasteiger partial charge in [0.15, 0.2) is 5.78 Å². The predicted octanol–water partition coefficient (Wildman–Crippen LogP) is 8.45. The second kappa shape index (κ2) is 16.3. The number of hydrogen-bond donors (Lipinski definition) is 3. The summed E-state index contributed by atoms with van der Waals surface area (Å²) in [6.07, 6.45) is 7.72. The Balaban J connectivity index is 0.986. The van der Waals surface area contributed by atoms with Crippen molar-refractivity contribution in [3.8, 4) is 0 Å².